The molecule has 2 rings (SSSR count). The maximum atomic E-state index is 11.9. The van der Waals surface area contributed by atoms with Crippen LogP contribution in [0.2, 0.25) is 0 Å². The predicted molar refractivity (Wildman–Crippen MR) is 86.4 cm³/mol. The molecule has 0 atom stereocenters. The largest absolute Gasteiger partial charge is 0.334 e. The van der Waals surface area contributed by atoms with Gasteiger partial charge in [0, 0.05) is 5.69 Å². The second kappa shape index (κ2) is 7.08. The first-order chi connectivity index (χ1) is 10.5. The molecule has 1 amide bonds. The van der Waals surface area contributed by atoms with Crippen molar-refractivity contribution in [2.45, 2.75) is 25.4 Å². The van der Waals surface area contributed by atoms with E-state index in [0.29, 0.717) is 0 Å². The number of rotatable bonds is 5. The van der Waals surface area contributed by atoms with E-state index < -0.39 is 5.56 Å². The fourth-order valence-electron chi connectivity index (χ4n) is 1.72. The van der Waals surface area contributed by atoms with Crippen molar-refractivity contribution >= 4 is 23.4 Å². The number of carbonyl (C=O) groups excluding carboxylic acids is 1. The fourth-order valence-corrected chi connectivity index (χ4v) is 2.37. The van der Waals surface area contributed by atoms with Crippen LogP contribution >= 0.6 is 11.8 Å². The number of nitrogens with one attached hydrogen (secondary N) is 1. The van der Waals surface area contributed by atoms with E-state index in [0.717, 1.165) is 28.5 Å². The second-order valence-corrected chi connectivity index (χ2v) is 5.57. The van der Waals surface area contributed by atoms with Crippen LogP contribution in [-0.2, 0) is 11.2 Å². The quantitative estimate of drug-likeness (QED) is 0.628. The van der Waals surface area contributed by atoms with Gasteiger partial charge in [-0.25, -0.2) is 0 Å². The summed E-state index contributed by atoms with van der Waals surface area (Å²) in [6.07, 6.45) is 0.949. The summed E-state index contributed by atoms with van der Waals surface area (Å²) in [5, 5.41) is 10.5. The zero-order valence-corrected chi connectivity index (χ0v) is 13.2. The molecule has 22 heavy (non-hydrogen) atoms. The van der Waals surface area contributed by atoms with Gasteiger partial charge in [0.25, 0.3) is 5.56 Å². The summed E-state index contributed by atoms with van der Waals surface area (Å²) in [7, 11) is 0. The molecule has 0 aliphatic carbocycles. The summed E-state index contributed by atoms with van der Waals surface area (Å²) in [4.78, 5) is 23.5. The highest BCUT2D eigenvalue weighted by Crippen LogP contribution is 2.14. The van der Waals surface area contributed by atoms with E-state index in [4.69, 9.17) is 5.84 Å². The molecule has 0 spiro atoms. The molecule has 1 heterocycles. The molecule has 0 bridgehead atoms. The lowest BCUT2D eigenvalue weighted by atomic mass is 10.1. The molecule has 1 aromatic carbocycles. The molecule has 1 aromatic heterocycles. The van der Waals surface area contributed by atoms with Crippen LogP contribution in [0.3, 0.4) is 0 Å². The van der Waals surface area contributed by atoms with Crippen LogP contribution in [0.5, 0.6) is 0 Å². The molecule has 0 fully saturated rings. The third-order valence-corrected chi connectivity index (χ3v) is 3.94. The van der Waals surface area contributed by atoms with Crippen molar-refractivity contribution in [2.75, 3.05) is 16.9 Å². The minimum absolute atomic E-state index is 0.0872. The Kier molecular flexibility index (Phi) is 5.16. The first-order valence-electron chi connectivity index (χ1n) is 6.74. The average Bonchev–Trinajstić information content (AvgIpc) is 2.53. The number of hydrogen-bond acceptors (Lipinski definition) is 6. The second-order valence-electron chi connectivity index (χ2n) is 4.63. The third-order valence-electron chi connectivity index (χ3n) is 3.00. The highest BCUT2D eigenvalue weighted by atomic mass is 32.2. The fraction of sp³-hybridized carbons (Fsp3) is 0.286. The van der Waals surface area contributed by atoms with Gasteiger partial charge in [0.1, 0.15) is 5.69 Å². The molecule has 2 aromatic rings. The Bertz CT molecular complexity index is 727. The van der Waals surface area contributed by atoms with Crippen LogP contribution < -0.4 is 16.7 Å². The van der Waals surface area contributed by atoms with Gasteiger partial charge in [0.05, 0.1) is 5.75 Å². The first-order valence-corrected chi connectivity index (χ1v) is 7.72. The first kappa shape index (κ1) is 16.0. The Morgan fingerprint density at radius 2 is 2.00 bits per heavy atom. The molecule has 0 saturated carbocycles. The lowest BCUT2D eigenvalue weighted by Gasteiger charge is -2.07. The minimum Gasteiger partial charge on any atom is -0.334 e. The number of carbonyl (C=O) groups is 1. The lowest BCUT2D eigenvalue weighted by Crippen LogP contribution is -2.32. The zero-order valence-electron chi connectivity index (χ0n) is 12.4. The van der Waals surface area contributed by atoms with Crippen LogP contribution in [0.25, 0.3) is 0 Å². The van der Waals surface area contributed by atoms with Gasteiger partial charge in [-0.1, -0.05) is 30.8 Å². The average molecular weight is 319 g/mol. The van der Waals surface area contributed by atoms with Gasteiger partial charge >= 0.3 is 0 Å². The SMILES string of the molecule is CCc1ccc(NC(=O)CSc2nnc(C)c(=O)n2N)cc1. The number of amides is 1. The van der Waals surface area contributed by atoms with Crippen LogP contribution in [0.1, 0.15) is 18.2 Å². The van der Waals surface area contributed by atoms with E-state index in [1.165, 1.54) is 12.5 Å². The van der Waals surface area contributed by atoms with Crippen molar-refractivity contribution < 1.29 is 4.79 Å². The van der Waals surface area contributed by atoms with Crippen molar-refractivity contribution in [1.82, 2.24) is 14.9 Å². The molecular formula is C14H17N5O2S. The number of thioether (sulfide) groups is 1. The number of aryl methyl sites for hydroxylation is 2. The smallest absolute Gasteiger partial charge is 0.294 e. The van der Waals surface area contributed by atoms with E-state index in [1.54, 1.807) is 0 Å². The number of hydrogen-bond donors (Lipinski definition) is 2. The number of nitrogens with two attached hydrogens (primary N) is 1. The summed E-state index contributed by atoms with van der Waals surface area (Å²) in [5.74, 6) is 5.49. The van der Waals surface area contributed by atoms with Gasteiger partial charge in [-0.15, -0.1) is 10.2 Å². The van der Waals surface area contributed by atoms with E-state index in [2.05, 4.69) is 22.4 Å². The summed E-state index contributed by atoms with van der Waals surface area (Å²) in [5.41, 5.74) is 1.72. The van der Waals surface area contributed by atoms with Gasteiger partial charge in [0.2, 0.25) is 11.1 Å². The molecule has 0 aliphatic heterocycles. The van der Waals surface area contributed by atoms with Crippen LogP contribution in [0.15, 0.2) is 34.2 Å². The molecule has 8 heteroatoms. The Hall–Kier alpha value is -2.35. The lowest BCUT2D eigenvalue weighted by molar-refractivity contribution is -0.113. The molecule has 7 nitrogen and oxygen atoms in total. The number of anilines is 1. The van der Waals surface area contributed by atoms with E-state index >= 15 is 0 Å². The Balaban J connectivity index is 1.95. The topological polar surface area (TPSA) is 103 Å². The van der Waals surface area contributed by atoms with Crippen LogP contribution in [-0.4, -0.2) is 26.5 Å². The third kappa shape index (κ3) is 3.85. The number of nitrogens with zero attached hydrogens (tertiary/aromatic N) is 3. The normalized spacial score (nSPS) is 10.5. The van der Waals surface area contributed by atoms with Crippen molar-refractivity contribution in [3.8, 4) is 0 Å². The molecular weight excluding hydrogens is 302 g/mol. The molecule has 0 saturated heterocycles. The van der Waals surface area contributed by atoms with Gasteiger partial charge in [-0.2, -0.15) is 4.68 Å². The standard InChI is InChI=1S/C14H17N5O2S/c1-3-10-4-6-11(7-5-10)16-12(20)8-22-14-18-17-9(2)13(21)19(14)15/h4-7H,3,8,15H2,1-2H3,(H,16,20). The summed E-state index contributed by atoms with van der Waals surface area (Å²) < 4.78 is 0.899. The highest BCUT2D eigenvalue weighted by Gasteiger charge is 2.10. The van der Waals surface area contributed by atoms with Gasteiger partial charge in [-0.3, -0.25) is 9.59 Å². The van der Waals surface area contributed by atoms with Gasteiger partial charge in [-0.05, 0) is 31.0 Å². The molecule has 3 N–H and O–H groups in total. The molecule has 0 unspecified atom stereocenters. The van der Waals surface area contributed by atoms with Crippen molar-refractivity contribution in [3.63, 3.8) is 0 Å². The Morgan fingerprint density at radius 1 is 1.32 bits per heavy atom. The summed E-state index contributed by atoms with van der Waals surface area (Å²) in [6.45, 7) is 3.60. The number of aromatic nitrogens is 3. The highest BCUT2D eigenvalue weighted by molar-refractivity contribution is 7.99. The molecule has 0 radical (unpaired) electrons. The Labute approximate surface area is 131 Å². The molecule has 116 valence electrons. The van der Waals surface area contributed by atoms with E-state index in [9.17, 15) is 9.59 Å². The van der Waals surface area contributed by atoms with Crippen molar-refractivity contribution in [3.05, 3.63) is 45.9 Å². The summed E-state index contributed by atoms with van der Waals surface area (Å²) in [6, 6.07) is 7.63. The Morgan fingerprint density at radius 3 is 2.64 bits per heavy atom. The van der Waals surface area contributed by atoms with Gasteiger partial charge in [0.15, 0.2) is 0 Å². The van der Waals surface area contributed by atoms with Gasteiger partial charge < -0.3 is 11.2 Å². The summed E-state index contributed by atoms with van der Waals surface area (Å²) >= 11 is 1.06. The predicted octanol–water partition coefficient (Wildman–Crippen LogP) is 0.954. The van der Waals surface area contributed by atoms with Crippen molar-refractivity contribution in [2.24, 2.45) is 0 Å². The van der Waals surface area contributed by atoms with E-state index in [-0.39, 0.29) is 22.5 Å². The zero-order chi connectivity index (χ0) is 16.1. The monoisotopic (exact) mass is 319 g/mol. The van der Waals surface area contributed by atoms with Crippen molar-refractivity contribution in [1.29, 1.82) is 0 Å². The maximum absolute atomic E-state index is 11.9. The minimum atomic E-state index is -0.423. The van der Waals surface area contributed by atoms with Crippen LogP contribution in [0, 0.1) is 6.92 Å². The molecule has 0 aliphatic rings. The number of benzene rings is 1. The van der Waals surface area contributed by atoms with E-state index in [1.807, 2.05) is 24.3 Å². The number of nitrogen functional groups attached to an aromatic ring is 1. The van der Waals surface area contributed by atoms with Crippen LogP contribution in [0.4, 0.5) is 5.69 Å². The maximum Gasteiger partial charge on any atom is 0.294 e.